The Hall–Kier alpha value is -10.7. The summed E-state index contributed by atoms with van der Waals surface area (Å²) in [6, 6.07) is 96.7. The standard InChI is InChI=1S/C94H80BN3/c1-92(2,3)67-50-64-44-45-65-51-68(93(4,5)6)55-78-77(53-66(52-67)87(64)88(65)78)63-46-48-79-83(54-63)97(90-71(59-28-14-10-15-29-59)38-26-39-72(90)60-30-16-11-17-31-60)85-56-69(94(7,8)9)57-86-89(85)95(79)80-49-47-70(96-81-42-24-22-36-75(81)76-37-23-25-43-82(76)96)58-84(80)98(86)91-73(61-32-18-12-19-33-61)40-27-41-74(91)62-34-20-13-21-35-62/h10-50,52-58,65,87-88H,51H2,1-9H3. The number of aromatic nitrogens is 1. The quantitative estimate of drug-likeness (QED) is 0.141. The average Bonchev–Trinajstić information content (AvgIpc) is 0.759. The fraction of sp³-hybridized carbons (Fsp3) is 0.170. The zero-order chi connectivity index (χ0) is 66.5. The highest BCUT2D eigenvalue weighted by Crippen LogP contribution is 2.59. The summed E-state index contributed by atoms with van der Waals surface area (Å²) in [6.07, 6.45) is 16.5. The molecule has 1 aromatic heterocycles. The van der Waals surface area contributed by atoms with Crippen LogP contribution in [0.25, 0.3) is 77.6 Å². The van der Waals surface area contributed by atoms with E-state index in [0.717, 1.165) is 51.4 Å². The summed E-state index contributed by atoms with van der Waals surface area (Å²) in [5, 5.41) is 2.48. The van der Waals surface area contributed by atoms with E-state index in [9.17, 15) is 0 Å². The molecule has 4 aliphatic carbocycles. The molecular formula is C94H80BN3. The molecule has 0 spiro atoms. The van der Waals surface area contributed by atoms with Crippen LogP contribution in [0, 0.1) is 28.6 Å². The number of allylic oxidation sites excluding steroid dienone is 12. The van der Waals surface area contributed by atoms with Crippen LogP contribution in [0.5, 0.6) is 0 Å². The topological polar surface area (TPSA) is 11.4 Å². The lowest BCUT2D eigenvalue weighted by Crippen LogP contribution is -2.61. The molecule has 0 bridgehead atoms. The van der Waals surface area contributed by atoms with Crippen LogP contribution in [-0.4, -0.2) is 11.3 Å². The largest absolute Gasteiger partial charge is 0.310 e. The predicted octanol–water partition coefficient (Wildman–Crippen LogP) is 23.2. The lowest BCUT2D eigenvalue weighted by Gasteiger charge is -2.48. The minimum Gasteiger partial charge on any atom is -0.310 e. The van der Waals surface area contributed by atoms with Crippen LogP contribution < -0.4 is 26.2 Å². The Morgan fingerprint density at radius 1 is 0.388 bits per heavy atom. The zero-order valence-electron chi connectivity index (χ0n) is 57.6. The number of anilines is 6. The van der Waals surface area contributed by atoms with Crippen molar-refractivity contribution in [3.8, 4) is 50.2 Å². The first-order chi connectivity index (χ1) is 47.5. The van der Waals surface area contributed by atoms with E-state index in [2.05, 4.69) is 368 Å². The Labute approximate surface area is 578 Å². The monoisotopic (exact) mass is 1260 g/mol. The maximum Gasteiger partial charge on any atom is 0.252 e. The lowest BCUT2D eigenvalue weighted by atomic mass is 9.33. The molecule has 0 amide bonds. The Bertz CT molecular complexity index is 5310. The second-order valence-corrected chi connectivity index (χ2v) is 31.2. The summed E-state index contributed by atoms with van der Waals surface area (Å²) in [5.41, 5.74) is 34.5. The molecule has 4 heteroatoms. The van der Waals surface area contributed by atoms with Gasteiger partial charge in [0.25, 0.3) is 6.71 Å². The van der Waals surface area contributed by atoms with Crippen molar-refractivity contribution >= 4 is 84.6 Å². The number of hydrogen-bond acceptors (Lipinski definition) is 2. The van der Waals surface area contributed by atoms with E-state index in [-0.39, 0.29) is 23.0 Å². The smallest absolute Gasteiger partial charge is 0.252 e. The molecule has 98 heavy (non-hydrogen) atoms. The van der Waals surface area contributed by atoms with E-state index >= 15 is 0 Å². The molecule has 18 rings (SSSR count). The van der Waals surface area contributed by atoms with E-state index in [1.54, 1.807) is 0 Å². The van der Waals surface area contributed by atoms with Crippen molar-refractivity contribution in [3.05, 3.63) is 330 Å². The second-order valence-electron chi connectivity index (χ2n) is 31.2. The number of rotatable bonds is 8. The van der Waals surface area contributed by atoms with Crippen molar-refractivity contribution in [1.29, 1.82) is 0 Å². The number of fused-ring (bicyclic) bond motifs is 7. The van der Waals surface area contributed by atoms with Crippen LogP contribution >= 0.6 is 0 Å². The highest BCUT2D eigenvalue weighted by atomic mass is 15.2. The van der Waals surface area contributed by atoms with Gasteiger partial charge in [-0.1, -0.05) is 317 Å². The molecule has 12 aromatic rings. The minimum atomic E-state index is -0.291. The molecule has 2 aliphatic heterocycles. The van der Waals surface area contributed by atoms with Crippen LogP contribution in [0.1, 0.15) is 79.9 Å². The number of para-hydroxylation sites is 4. The average molecular weight is 1260 g/mol. The number of benzene rings is 11. The molecule has 11 aromatic carbocycles. The summed E-state index contributed by atoms with van der Waals surface area (Å²) < 4.78 is 2.51. The van der Waals surface area contributed by atoms with Crippen molar-refractivity contribution < 1.29 is 0 Å². The van der Waals surface area contributed by atoms with E-state index in [0.29, 0.717) is 17.8 Å². The van der Waals surface area contributed by atoms with Gasteiger partial charge in [0.1, 0.15) is 0 Å². The molecule has 0 fully saturated rings. The SMILES string of the molecule is CC(C)(C)C1=CC2=CC(c3ccc4c(c3)N(c3c(-c5ccccc5)cccc3-c3ccccc3)c3cc(C(C)(C)C)cc5c3B4c3ccc(-n4c6ccccc6c6ccccc64)cc3N5c3c(-c4ccccc4)cccc3-c3ccccc3)=C3C=C(C(C)(C)C)CC4C=CC(=C1)C2C34. The Kier molecular flexibility index (Phi) is 13.7. The molecule has 474 valence electrons. The minimum absolute atomic E-state index is 0.00383. The molecule has 0 radical (unpaired) electrons. The van der Waals surface area contributed by atoms with Crippen molar-refractivity contribution in [2.24, 2.45) is 28.6 Å². The van der Waals surface area contributed by atoms with Crippen molar-refractivity contribution in [2.45, 2.75) is 74.1 Å². The highest BCUT2D eigenvalue weighted by Gasteiger charge is 2.48. The first-order valence-electron chi connectivity index (χ1n) is 35.4. The molecular weight excluding hydrogens is 1180 g/mol. The Morgan fingerprint density at radius 3 is 1.36 bits per heavy atom. The van der Waals surface area contributed by atoms with Crippen LogP contribution in [0.2, 0.25) is 0 Å². The second kappa shape index (κ2) is 22.4. The zero-order valence-corrected chi connectivity index (χ0v) is 57.6. The number of hydrogen-bond donors (Lipinski definition) is 0. The van der Waals surface area contributed by atoms with E-state index < -0.39 is 0 Å². The molecule has 0 N–H and O–H groups in total. The molecule has 6 aliphatic rings. The third-order valence-electron chi connectivity index (χ3n) is 22.2. The first kappa shape index (κ1) is 59.8. The summed E-state index contributed by atoms with van der Waals surface area (Å²) >= 11 is 0. The summed E-state index contributed by atoms with van der Waals surface area (Å²) in [7, 11) is 0. The first-order valence-corrected chi connectivity index (χ1v) is 35.4. The Balaban J connectivity index is 0.996. The third-order valence-corrected chi connectivity index (χ3v) is 22.2. The van der Waals surface area contributed by atoms with E-state index in [4.69, 9.17) is 0 Å². The third kappa shape index (κ3) is 9.53. The molecule has 0 saturated heterocycles. The summed E-state index contributed by atoms with van der Waals surface area (Å²) in [6.45, 7) is 21.4. The van der Waals surface area contributed by atoms with Gasteiger partial charge in [0.15, 0.2) is 0 Å². The van der Waals surface area contributed by atoms with Crippen LogP contribution in [0.4, 0.5) is 34.1 Å². The van der Waals surface area contributed by atoms with E-state index in [1.807, 2.05) is 0 Å². The summed E-state index contributed by atoms with van der Waals surface area (Å²) in [5.74, 6) is 1.01. The fourth-order valence-corrected chi connectivity index (χ4v) is 17.4. The highest BCUT2D eigenvalue weighted by molar-refractivity contribution is 7.00. The van der Waals surface area contributed by atoms with Gasteiger partial charge in [0, 0.05) is 73.3 Å². The van der Waals surface area contributed by atoms with Gasteiger partial charge in [0.2, 0.25) is 0 Å². The molecule has 3 atom stereocenters. The van der Waals surface area contributed by atoms with Crippen LogP contribution in [0.3, 0.4) is 0 Å². The summed E-state index contributed by atoms with van der Waals surface area (Å²) in [4.78, 5) is 5.46. The predicted molar refractivity (Wildman–Crippen MR) is 418 cm³/mol. The van der Waals surface area contributed by atoms with Gasteiger partial charge in [-0.3, -0.25) is 0 Å². The van der Waals surface area contributed by atoms with Gasteiger partial charge in [-0.15, -0.1) is 0 Å². The Morgan fingerprint density at radius 2 is 0.867 bits per heavy atom. The maximum absolute atomic E-state index is 2.75. The molecule has 3 nitrogen and oxygen atoms in total. The van der Waals surface area contributed by atoms with Gasteiger partial charge in [0.05, 0.1) is 22.4 Å². The normalized spacial score (nSPS) is 17.6. The van der Waals surface area contributed by atoms with Gasteiger partial charge in [-0.05, 0) is 149 Å². The van der Waals surface area contributed by atoms with Crippen molar-refractivity contribution in [2.75, 3.05) is 9.80 Å². The van der Waals surface area contributed by atoms with Crippen molar-refractivity contribution in [3.63, 3.8) is 0 Å². The van der Waals surface area contributed by atoms with Gasteiger partial charge >= 0.3 is 0 Å². The maximum atomic E-state index is 2.75. The molecule has 3 unspecified atom stereocenters. The molecule has 0 saturated carbocycles. The fourth-order valence-electron chi connectivity index (χ4n) is 17.4. The van der Waals surface area contributed by atoms with Crippen LogP contribution in [-0.2, 0) is 5.41 Å². The number of nitrogens with zero attached hydrogens (tertiary/aromatic N) is 3. The lowest BCUT2D eigenvalue weighted by molar-refractivity contribution is 0.329. The van der Waals surface area contributed by atoms with Gasteiger partial charge < -0.3 is 14.4 Å². The van der Waals surface area contributed by atoms with Gasteiger partial charge in [-0.2, -0.15) is 0 Å². The molecule has 3 heterocycles. The van der Waals surface area contributed by atoms with E-state index in [1.165, 1.54) is 122 Å². The van der Waals surface area contributed by atoms with Gasteiger partial charge in [-0.25, -0.2) is 0 Å². The van der Waals surface area contributed by atoms with Crippen LogP contribution in [0.15, 0.2) is 319 Å². The van der Waals surface area contributed by atoms with Crippen molar-refractivity contribution in [1.82, 2.24) is 4.57 Å².